The van der Waals surface area contributed by atoms with Gasteiger partial charge in [0.05, 0.1) is 0 Å². The van der Waals surface area contributed by atoms with Crippen molar-refractivity contribution in [3.63, 3.8) is 0 Å². The van der Waals surface area contributed by atoms with Gasteiger partial charge in [-0.15, -0.1) is 0 Å². The van der Waals surface area contributed by atoms with Crippen molar-refractivity contribution in [3.8, 4) is 0 Å². The summed E-state index contributed by atoms with van der Waals surface area (Å²) in [5.74, 6) is -0.226. The molecule has 1 N–H and O–H groups in total. The lowest BCUT2D eigenvalue weighted by Crippen LogP contribution is -1.96. The fourth-order valence-electron chi connectivity index (χ4n) is 1.72. The molecule has 0 spiro atoms. The lowest BCUT2D eigenvalue weighted by molar-refractivity contribution is 0.628. The second kappa shape index (κ2) is 4.35. The first-order valence-corrected chi connectivity index (χ1v) is 5.25. The molecule has 0 amide bonds. The number of hydrogen-bond acceptors (Lipinski definition) is 1. The average molecular weight is 215 g/mol. The molecule has 16 heavy (non-hydrogen) atoms. The zero-order chi connectivity index (χ0) is 11.5. The van der Waals surface area contributed by atoms with Crippen molar-refractivity contribution < 1.29 is 4.39 Å². The monoisotopic (exact) mass is 215 g/mol. The molecule has 0 fully saturated rings. The molecule has 1 nitrogen and oxygen atoms in total. The van der Waals surface area contributed by atoms with Gasteiger partial charge in [0.2, 0.25) is 0 Å². The Morgan fingerprint density at radius 2 is 1.56 bits per heavy atom. The van der Waals surface area contributed by atoms with Crippen molar-refractivity contribution >= 4 is 11.4 Å². The van der Waals surface area contributed by atoms with E-state index in [2.05, 4.69) is 5.32 Å². The first kappa shape index (κ1) is 10.7. The predicted octanol–water partition coefficient (Wildman–Crippen LogP) is 4.19. The van der Waals surface area contributed by atoms with E-state index in [0.717, 1.165) is 22.5 Å². The SMILES string of the molecule is Cc1cccc(C)c1Nc1cccc(F)c1. The second-order valence-electron chi connectivity index (χ2n) is 3.90. The van der Waals surface area contributed by atoms with Crippen molar-refractivity contribution in [1.29, 1.82) is 0 Å². The highest BCUT2D eigenvalue weighted by Crippen LogP contribution is 2.24. The van der Waals surface area contributed by atoms with Gasteiger partial charge in [0.25, 0.3) is 0 Å². The van der Waals surface area contributed by atoms with Gasteiger partial charge in [-0.3, -0.25) is 0 Å². The van der Waals surface area contributed by atoms with Gasteiger partial charge in [0, 0.05) is 11.4 Å². The average Bonchev–Trinajstić information content (AvgIpc) is 2.24. The first-order valence-electron chi connectivity index (χ1n) is 5.25. The van der Waals surface area contributed by atoms with Gasteiger partial charge in [-0.05, 0) is 43.2 Å². The normalized spacial score (nSPS) is 10.2. The Hall–Kier alpha value is -1.83. The van der Waals surface area contributed by atoms with Gasteiger partial charge < -0.3 is 5.32 Å². The van der Waals surface area contributed by atoms with Gasteiger partial charge in [-0.2, -0.15) is 0 Å². The van der Waals surface area contributed by atoms with Crippen LogP contribution in [-0.2, 0) is 0 Å². The number of para-hydroxylation sites is 1. The summed E-state index contributed by atoms with van der Waals surface area (Å²) in [7, 11) is 0. The van der Waals surface area contributed by atoms with Crippen molar-refractivity contribution in [2.24, 2.45) is 0 Å². The highest BCUT2D eigenvalue weighted by Gasteiger charge is 2.02. The molecule has 0 atom stereocenters. The molecule has 0 aliphatic carbocycles. The van der Waals surface area contributed by atoms with Crippen LogP contribution in [0.4, 0.5) is 15.8 Å². The predicted molar refractivity (Wildman–Crippen MR) is 65.6 cm³/mol. The molecule has 0 heterocycles. The van der Waals surface area contributed by atoms with E-state index in [1.165, 1.54) is 12.1 Å². The molecule has 0 saturated carbocycles. The van der Waals surface area contributed by atoms with E-state index in [1.807, 2.05) is 38.1 Å². The van der Waals surface area contributed by atoms with Gasteiger partial charge in [0.15, 0.2) is 0 Å². The van der Waals surface area contributed by atoms with Crippen molar-refractivity contribution in [3.05, 3.63) is 59.4 Å². The van der Waals surface area contributed by atoms with E-state index >= 15 is 0 Å². The largest absolute Gasteiger partial charge is 0.355 e. The van der Waals surface area contributed by atoms with Crippen molar-refractivity contribution in [1.82, 2.24) is 0 Å². The topological polar surface area (TPSA) is 12.0 Å². The third-order valence-corrected chi connectivity index (χ3v) is 2.58. The van der Waals surface area contributed by atoms with Crippen LogP contribution >= 0.6 is 0 Å². The summed E-state index contributed by atoms with van der Waals surface area (Å²) in [5, 5.41) is 3.24. The van der Waals surface area contributed by atoms with Gasteiger partial charge in [-0.25, -0.2) is 4.39 Å². The highest BCUT2D eigenvalue weighted by atomic mass is 19.1. The maximum absolute atomic E-state index is 13.0. The van der Waals surface area contributed by atoms with Crippen LogP contribution in [0.15, 0.2) is 42.5 Å². The van der Waals surface area contributed by atoms with E-state index in [-0.39, 0.29) is 5.82 Å². The number of halogens is 1. The molecular formula is C14H14FN. The minimum absolute atomic E-state index is 0.226. The zero-order valence-electron chi connectivity index (χ0n) is 9.42. The molecule has 0 aliphatic heterocycles. The molecule has 0 aliphatic rings. The van der Waals surface area contributed by atoms with E-state index in [9.17, 15) is 4.39 Å². The molecule has 82 valence electrons. The minimum atomic E-state index is -0.226. The van der Waals surface area contributed by atoms with Crippen LogP contribution < -0.4 is 5.32 Å². The number of rotatable bonds is 2. The van der Waals surface area contributed by atoms with Crippen LogP contribution in [0.3, 0.4) is 0 Å². The van der Waals surface area contributed by atoms with Crippen LogP contribution in [0, 0.1) is 19.7 Å². The molecule has 2 heteroatoms. The third kappa shape index (κ3) is 2.22. The molecule has 0 aromatic heterocycles. The summed E-state index contributed by atoms with van der Waals surface area (Å²) in [5.41, 5.74) is 4.14. The van der Waals surface area contributed by atoms with Crippen LogP contribution in [-0.4, -0.2) is 0 Å². The van der Waals surface area contributed by atoms with Crippen LogP contribution in [0.25, 0.3) is 0 Å². The Morgan fingerprint density at radius 3 is 2.19 bits per heavy atom. The summed E-state index contributed by atoms with van der Waals surface area (Å²) in [6.45, 7) is 4.07. The van der Waals surface area contributed by atoms with E-state index in [4.69, 9.17) is 0 Å². The minimum Gasteiger partial charge on any atom is -0.355 e. The van der Waals surface area contributed by atoms with Crippen LogP contribution in [0.5, 0.6) is 0 Å². The lowest BCUT2D eigenvalue weighted by atomic mass is 10.1. The van der Waals surface area contributed by atoms with Crippen LogP contribution in [0.2, 0.25) is 0 Å². The summed E-state index contributed by atoms with van der Waals surface area (Å²) in [6, 6.07) is 12.6. The molecular weight excluding hydrogens is 201 g/mol. The molecule has 0 bridgehead atoms. The Balaban J connectivity index is 2.34. The molecule has 0 radical (unpaired) electrons. The molecule has 0 saturated heterocycles. The van der Waals surface area contributed by atoms with E-state index in [1.54, 1.807) is 6.07 Å². The van der Waals surface area contributed by atoms with Crippen LogP contribution in [0.1, 0.15) is 11.1 Å². The zero-order valence-corrected chi connectivity index (χ0v) is 9.42. The molecule has 2 aromatic carbocycles. The number of anilines is 2. The summed E-state index contributed by atoms with van der Waals surface area (Å²) in [4.78, 5) is 0. The lowest BCUT2D eigenvalue weighted by Gasteiger charge is -2.12. The van der Waals surface area contributed by atoms with Gasteiger partial charge >= 0.3 is 0 Å². The maximum atomic E-state index is 13.0. The maximum Gasteiger partial charge on any atom is 0.125 e. The number of benzene rings is 2. The third-order valence-electron chi connectivity index (χ3n) is 2.58. The Kier molecular flexibility index (Phi) is 2.91. The van der Waals surface area contributed by atoms with Crippen molar-refractivity contribution in [2.45, 2.75) is 13.8 Å². The number of aryl methyl sites for hydroxylation is 2. The van der Waals surface area contributed by atoms with E-state index in [0.29, 0.717) is 0 Å². The Bertz CT molecular complexity index is 486. The van der Waals surface area contributed by atoms with Gasteiger partial charge in [0.1, 0.15) is 5.82 Å². The fraction of sp³-hybridized carbons (Fsp3) is 0.143. The first-order chi connectivity index (χ1) is 7.66. The smallest absolute Gasteiger partial charge is 0.125 e. The number of hydrogen-bond donors (Lipinski definition) is 1. The number of nitrogens with one attached hydrogen (secondary N) is 1. The second-order valence-corrected chi connectivity index (χ2v) is 3.90. The standard InChI is InChI=1S/C14H14FN/c1-10-5-3-6-11(2)14(10)16-13-8-4-7-12(15)9-13/h3-9,16H,1-2H3. The summed E-state index contributed by atoms with van der Waals surface area (Å²) < 4.78 is 13.0. The van der Waals surface area contributed by atoms with E-state index < -0.39 is 0 Å². The van der Waals surface area contributed by atoms with Crippen molar-refractivity contribution in [2.75, 3.05) is 5.32 Å². The quantitative estimate of drug-likeness (QED) is 0.792. The molecule has 2 aromatic rings. The fourth-order valence-corrected chi connectivity index (χ4v) is 1.72. The Morgan fingerprint density at radius 1 is 0.938 bits per heavy atom. The summed E-state index contributed by atoms with van der Waals surface area (Å²) in [6.07, 6.45) is 0. The van der Waals surface area contributed by atoms with Gasteiger partial charge in [-0.1, -0.05) is 24.3 Å². The summed E-state index contributed by atoms with van der Waals surface area (Å²) >= 11 is 0. The highest BCUT2D eigenvalue weighted by molar-refractivity contribution is 5.66. The molecule has 2 rings (SSSR count). The Labute approximate surface area is 94.9 Å². The molecule has 0 unspecified atom stereocenters.